The fourth-order valence-electron chi connectivity index (χ4n) is 2.57. The van der Waals surface area contributed by atoms with E-state index in [1.807, 2.05) is 6.07 Å². The second-order valence-corrected chi connectivity index (χ2v) is 6.75. The molecule has 0 saturated carbocycles. The van der Waals surface area contributed by atoms with Gasteiger partial charge in [0.15, 0.2) is 0 Å². The molecule has 0 nitrogen and oxygen atoms in total. The zero-order valence-corrected chi connectivity index (χ0v) is 15.5. The van der Waals surface area contributed by atoms with Crippen molar-refractivity contribution in [2.24, 2.45) is 0 Å². The third-order valence-corrected chi connectivity index (χ3v) is 4.84. The second kappa shape index (κ2) is 8.65. The largest absolute Gasteiger partial charge is 0.0726 e. The van der Waals surface area contributed by atoms with Gasteiger partial charge in [0.1, 0.15) is 0 Å². The molecule has 118 valence electrons. The first-order chi connectivity index (χ1) is 11.8. The van der Waals surface area contributed by atoms with Gasteiger partial charge in [0.05, 0.1) is 0 Å². The Balaban J connectivity index is 1.92. The maximum atomic E-state index is 2.43. The number of allylic oxidation sites excluding steroid dienone is 2. The molecule has 3 rings (SSSR count). The molecule has 0 aliphatic heterocycles. The zero-order valence-electron chi connectivity index (χ0n) is 13.3. The van der Waals surface area contributed by atoms with E-state index in [1.165, 1.54) is 20.3 Å². The number of halogens is 1. The molecule has 1 atom stereocenters. The lowest BCUT2D eigenvalue weighted by atomic mass is 9.96. The predicted molar refractivity (Wildman–Crippen MR) is 113 cm³/mol. The molecule has 0 fully saturated rings. The lowest BCUT2D eigenvalue weighted by Crippen LogP contribution is -1.92. The van der Waals surface area contributed by atoms with Gasteiger partial charge in [0, 0.05) is 9.50 Å². The summed E-state index contributed by atoms with van der Waals surface area (Å²) in [5.74, 6) is 0.249. The van der Waals surface area contributed by atoms with Crippen molar-refractivity contribution in [3.8, 4) is 0 Å². The molecule has 0 N–H and O–H groups in total. The number of benzene rings is 3. The highest BCUT2D eigenvalue weighted by Crippen LogP contribution is 2.29. The monoisotopic (exact) mass is 422 g/mol. The molecular formula is C23H19I. The van der Waals surface area contributed by atoms with Crippen LogP contribution in [0.5, 0.6) is 0 Å². The molecule has 3 aromatic carbocycles. The van der Waals surface area contributed by atoms with Gasteiger partial charge in [-0.1, -0.05) is 109 Å². The van der Waals surface area contributed by atoms with Crippen LogP contribution >= 0.6 is 22.6 Å². The zero-order chi connectivity index (χ0) is 16.6. The van der Waals surface area contributed by atoms with Crippen LogP contribution in [0, 0.1) is 0 Å². The van der Waals surface area contributed by atoms with Crippen LogP contribution in [0.1, 0.15) is 22.6 Å². The van der Waals surface area contributed by atoms with E-state index in [-0.39, 0.29) is 5.92 Å². The minimum Gasteiger partial charge on any atom is -0.0726 e. The molecule has 0 saturated heterocycles. The first-order valence-corrected chi connectivity index (χ1v) is 9.12. The van der Waals surface area contributed by atoms with Gasteiger partial charge in [0.25, 0.3) is 0 Å². The number of hydrogen-bond donors (Lipinski definition) is 0. The van der Waals surface area contributed by atoms with Crippen LogP contribution in [-0.4, -0.2) is 0 Å². The van der Waals surface area contributed by atoms with Crippen molar-refractivity contribution in [3.63, 3.8) is 0 Å². The van der Waals surface area contributed by atoms with Gasteiger partial charge in [-0.15, -0.1) is 0 Å². The fraction of sp³-hybridized carbons (Fsp3) is 0.0435. The molecule has 3 aromatic rings. The van der Waals surface area contributed by atoms with E-state index in [0.717, 1.165) is 0 Å². The van der Waals surface area contributed by atoms with E-state index in [1.54, 1.807) is 0 Å². The Morgan fingerprint density at radius 2 is 1.25 bits per heavy atom. The fourth-order valence-corrected chi connectivity index (χ4v) is 3.32. The normalized spacial score (nSPS) is 13.1. The Labute approximate surface area is 157 Å². The van der Waals surface area contributed by atoms with Crippen molar-refractivity contribution in [2.45, 2.75) is 5.92 Å². The van der Waals surface area contributed by atoms with Crippen molar-refractivity contribution in [3.05, 3.63) is 120 Å². The molecule has 1 heteroatoms. The molecular weight excluding hydrogens is 403 g/mol. The van der Waals surface area contributed by atoms with Crippen LogP contribution in [0.4, 0.5) is 0 Å². The van der Waals surface area contributed by atoms with E-state index < -0.39 is 0 Å². The summed E-state index contributed by atoms with van der Waals surface area (Å²) in [6.07, 6.45) is 6.79. The van der Waals surface area contributed by atoms with Crippen LogP contribution < -0.4 is 0 Å². The summed E-state index contributed by atoms with van der Waals surface area (Å²) in [4.78, 5) is 0. The molecule has 24 heavy (non-hydrogen) atoms. The summed E-state index contributed by atoms with van der Waals surface area (Å²) in [6.45, 7) is 0. The third kappa shape index (κ3) is 4.68. The molecule has 0 aromatic heterocycles. The van der Waals surface area contributed by atoms with E-state index in [4.69, 9.17) is 0 Å². The van der Waals surface area contributed by atoms with Crippen molar-refractivity contribution in [1.29, 1.82) is 0 Å². The van der Waals surface area contributed by atoms with Crippen LogP contribution in [0.25, 0.3) is 9.66 Å². The average molecular weight is 422 g/mol. The Morgan fingerprint density at radius 3 is 1.88 bits per heavy atom. The topological polar surface area (TPSA) is 0 Å². The van der Waals surface area contributed by atoms with Crippen molar-refractivity contribution >= 4 is 32.2 Å². The minimum absolute atomic E-state index is 0.249. The Hall–Kier alpha value is -2.13. The van der Waals surface area contributed by atoms with Crippen LogP contribution in [0.15, 0.2) is 103 Å². The molecule has 0 spiro atoms. The van der Waals surface area contributed by atoms with Gasteiger partial charge in [-0.2, -0.15) is 0 Å². The van der Waals surface area contributed by atoms with Gasteiger partial charge in [0.2, 0.25) is 0 Å². The van der Waals surface area contributed by atoms with Gasteiger partial charge >= 0.3 is 0 Å². The second-order valence-electron chi connectivity index (χ2n) is 5.59. The maximum Gasteiger partial charge on any atom is 0.0215 e. The Kier molecular flexibility index (Phi) is 6.02. The first-order valence-electron chi connectivity index (χ1n) is 8.04. The summed E-state index contributed by atoms with van der Waals surface area (Å²) >= 11 is 2.43. The van der Waals surface area contributed by atoms with Gasteiger partial charge in [-0.05, 0) is 39.3 Å². The van der Waals surface area contributed by atoms with Crippen LogP contribution in [-0.2, 0) is 0 Å². The third-order valence-electron chi connectivity index (χ3n) is 3.86. The highest BCUT2D eigenvalue weighted by atomic mass is 127. The van der Waals surface area contributed by atoms with Crippen LogP contribution in [0.2, 0.25) is 0 Å². The Morgan fingerprint density at radius 1 is 0.708 bits per heavy atom. The maximum absolute atomic E-state index is 2.43. The minimum atomic E-state index is 0.249. The quantitative estimate of drug-likeness (QED) is 0.390. The summed E-state index contributed by atoms with van der Waals surface area (Å²) in [7, 11) is 0. The summed E-state index contributed by atoms with van der Waals surface area (Å²) < 4.78 is 1.26. The molecule has 0 heterocycles. The van der Waals surface area contributed by atoms with E-state index >= 15 is 0 Å². The van der Waals surface area contributed by atoms with Gasteiger partial charge < -0.3 is 0 Å². The van der Waals surface area contributed by atoms with Crippen LogP contribution in [0.3, 0.4) is 0 Å². The average Bonchev–Trinajstić information content (AvgIpc) is 2.67. The standard InChI is InChI=1S/C23H19I/c24-23(21-14-8-3-9-15-21)18-22(20-12-6-2-7-13-20)17-16-19-10-4-1-5-11-19/h1-18,22H/b17-16+,23-18+. The molecule has 0 bridgehead atoms. The first kappa shape index (κ1) is 16.7. The lowest BCUT2D eigenvalue weighted by molar-refractivity contribution is 1.09. The van der Waals surface area contributed by atoms with E-state index in [9.17, 15) is 0 Å². The van der Waals surface area contributed by atoms with Gasteiger partial charge in [-0.25, -0.2) is 0 Å². The predicted octanol–water partition coefficient (Wildman–Crippen LogP) is 6.96. The van der Waals surface area contributed by atoms with Crippen molar-refractivity contribution in [2.75, 3.05) is 0 Å². The number of rotatable bonds is 5. The molecule has 0 amide bonds. The lowest BCUT2D eigenvalue weighted by Gasteiger charge is -2.10. The van der Waals surface area contributed by atoms with E-state index in [2.05, 4.69) is 126 Å². The molecule has 0 radical (unpaired) electrons. The highest BCUT2D eigenvalue weighted by molar-refractivity contribution is 14.1. The summed E-state index contributed by atoms with van der Waals surface area (Å²) in [5.41, 5.74) is 3.78. The van der Waals surface area contributed by atoms with Gasteiger partial charge in [-0.3, -0.25) is 0 Å². The summed E-state index contributed by atoms with van der Waals surface area (Å²) in [6, 6.07) is 31.6. The molecule has 1 unspecified atom stereocenters. The Bertz CT molecular complexity index is 802. The highest BCUT2D eigenvalue weighted by Gasteiger charge is 2.07. The smallest absolute Gasteiger partial charge is 0.0215 e. The van der Waals surface area contributed by atoms with Crippen molar-refractivity contribution < 1.29 is 0 Å². The SMILES string of the molecule is I/C(=C/C(/C=C/c1ccccc1)c1ccccc1)c1ccccc1. The molecule has 0 aliphatic rings. The summed E-state index contributed by atoms with van der Waals surface area (Å²) in [5, 5.41) is 0. The number of hydrogen-bond acceptors (Lipinski definition) is 0. The van der Waals surface area contributed by atoms with Crippen molar-refractivity contribution in [1.82, 2.24) is 0 Å². The molecule has 0 aliphatic carbocycles. The van der Waals surface area contributed by atoms with E-state index in [0.29, 0.717) is 0 Å².